The summed E-state index contributed by atoms with van der Waals surface area (Å²) in [5, 5.41) is 0.475. The summed E-state index contributed by atoms with van der Waals surface area (Å²) in [6.07, 6.45) is 4.21. The van der Waals surface area contributed by atoms with Crippen LogP contribution in [-0.4, -0.2) is 19.9 Å². The second-order valence-electron chi connectivity index (χ2n) is 6.25. The number of pyridine rings is 1. The Bertz CT molecular complexity index is 1050. The SMILES string of the molecule is O=S(=O)(Cc1ccccc1Cl)N1CCc2cc(-c3ccncc3)ccc21. The predicted octanol–water partition coefficient (Wildman–Crippen LogP) is 4.29. The van der Waals surface area contributed by atoms with Crippen LogP contribution in [0.4, 0.5) is 5.69 Å². The molecular formula is C20H17ClN2O2S. The van der Waals surface area contributed by atoms with Crippen molar-refractivity contribution < 1.29 is 8.42 Å². The Hall–Kier alpha value is -2.37. The first-order chi connectivity index (χ1) is 12.5. The summed E-state index contributed by atoms with van der Waals surface area (Å²) >= 11 is 6.14. The number of halogens is 1. The van der Waals surface area contributed by atoms with Gasteiger partial charge in [-0.3, -0.25) is 9.29 Å². The van der Waals surface area contributed by atoms with Gasteiger partial charge in [-0.1, -0.05) is 35.9 Å². The highest BCUT2D eigenvalue weighted by Gasteiger charge is 2.30. The number of benzene rings is 2. The maximum absolute atomic E-state index is 12.9. The molecule has 0 fully saturated rings. The summed E-state index contributed by atoms with van der Waals surface area (Å²) in [7, 11) is -3.49. The molecule has 0 unspecified atom stereocenters. The van der Waals surface area contributed by atoms with Gasteiger partial charge in [0.05, 0.1) is 11.4 Å². The zero-order chi connectivity index (χ0) is 18.1. The van der Waals surface area contributed by atoms with E-state index in [0.29, 0.717) is 23.6 Å². The third kappa shape index (κ3) is 3.20. The first-order valence-corrected chi connectivity index (χ1v) is 10.3. The highest BCUT2D eigenvalue weighted by Crippen LogP contribution is 2.35. The highest BCUT2D eigenvalue weighted by molar-refractivity contribution is 7.92. The van der Waals surface area contributed by atoms with Crippen LogP contribution < -0.4 is 4.31 Å². The molecule has 1 aliphatic rings. The quantitative estimate of drug-likeness (QED) is 0.674. The number of hydrogen-bond donors (Lipinski definition) is 0. The summed E-state index contributed by atoms with van der Waals surface area (Å²) in [6.45, 7) is 0.460. The summed E-state index contributed by atoms with van der Waals surface area (Å²) in [5.74, 6) is -0.0990. The van der Waals surface area contributed by atoms with E-state index in [4.69, 9.17) is 11.6 Å². The van der Waals surface area contributed by atoms with E-state index in [-0.39, 0.29) is 5.75 Å². The molecule has 0 saturated heterocycles. The zero-order valence-electron chi connectivity index (χ0n) is 14.0. The van der Waals surface area contributed by atoms with E-state index in [9.17, 15) is 8.42 Å². The molecule has 0 aliphatic carbocycles. The molecule has 3 aromatic rings. The molecule has 132 valence electrons. The summed E-state index contributed by atoms with van der Waals surface area (Å²) < 4.78 is 27.4. The van der Waals surface area contributed by atoms with Crippen LogP contribution in [0.3, 0.4) is 0 Å². The molecule has 0 radical (unpaired) electrons. The fourth-order valence-corrected chi connectivity index (χ4v) is 5.20. The highest BCUT2D eigenvalue weighted by atomic mass is 35.5. The Labute approximate surface area is 158 Å². The maximum atomic E-state index is 12.9. The van der Waals surface area contributed by atoms with Gasteiger partial charge in [0.15, 0.2) is 0 Å². The van der Waals surface area contributed by atoms with Crippen LogP contribution in [0, 0.1) is 0 Å². The lowest BCUT2D eigenvalue weighted by molar-refractivity contribution is 0.591. The summed E-state index contributed by atoms with van der Waals surface area (Å²) in [6, 6.07) is 16.9. The van der Waals surface area contributed by atoms with Crippen LogP contribution in [0.25, 0.3) is 11.1 Å². The van der Waals surface area contributed by atoms with Crippen molar-refractivity contribution in [1.82, 2.24) is 4.98 Å². The minimum absolute atomic E-state index is 0.0990. The molecule has 4 rings (SSSR count). The fraction of sp³-hybridized carbons (Fsp3) is 0.150. The lowest BCUT2D eigenvalue weighted by Crippen LogP contribution is -2.30. The fourth-order valence-electron chi connectivity index (χ4n) is 3.27. The number of anilines is 1. The molecule has 1 aromatic heterocycles. The average molecular weight is 385 g/mol. The van der Waals surface area contributed by atoms with E-state index in [2.05, 4.69) is 11.1 Å². The number of aromatic nitrogens is 1. The van der Waals surface area contributed by atoms with Gasteiger partial charge in [0, 0.05) is 24.0 Å². The smallest absolute Gasteiger partial charge is 0.239 e. The van der Waals surface area contributed by atoms with Crippen molar-refractivity contribution in [2.24, 2.45) is 0 Å². The van der Waals surface area contributed by atoms with Crippen molar-refractivity contribution in [1.29, 1.82) is 0 Å². The molecular weight excluding hydrogens is 368 g/mol. The van der Waals surface area contributed by atoms with Crippen LogP contribution >= 0.6 is 11.6 Å². The molecule has 0 amide bonds. The monoisotopic (exact) mass is 384 g/mol. The summed E-state index contributed by atoms with van der Waals surface area (Å²) in [5.41, 5.74) is 4.56. The second kappa shape index (κ2) is 6.74. The topological polar surface area (TPSA) is 50.3 Å². The molecule has 4 nitrogen and oxygen atoms in total. The molecule has 2 aromatic carbocycles. The zero-order valence-corrected chi connectivity index (χ0v) is 15.5. The van der Waals surface area contributed by atoms with Gasteiger partial charge in [-0.2, -0.15) is 0 Å². The molecule has 0 spiro atoms. The van der Waals surface area contributed by atoms with E-state index in [1.54, 1.807) is 36.7 Å². The first kappa shape index (κ1) is 17.1. The third-order valence-corrected chi connectivity index (χ3v) is 6.67. The molecule has 0 bridgehead atoms. The Kier molecular flexibility index (Phi) is 4.42. The van der Waals surface area contributed by atoms with E-state index < -0.39 is 10.0 Å². The average Bonchev–Trinajstić information content (AvgIpc) is 3.08. The molecule has 0 N–H and O–H groups in total. The minimum Gasteiger partial charge on any atom is -0.269 e. The Morgan fingerprint density at radius 2 is 1.77 bits per heavy atom. The lowest BCUT2D eigenvalue weighted by atomic mass is 10.0. The summed E-state index contributed by atoms with van der Waals surface area (Å²) in [4.78, 5) is 4.04. The van der Waals surface area contributed by atoms with Crippen molar-refractivity contribution in [3.63, 3.8) is 0 Å². The standard InChI is InChI=1S/C20H17ClN2O2S/c21-19-4-2-1-3-18(19)14-26(24,25)23-12-9-17-13-16(5-6-20(17)23)15-7-10-22-11-8-15/h1-8,10-11,13H,9,12,14H2. The van der Waals surface area contributed by atoms with Gasteiger partial charge in [0.2, 0.25) is 10.0 Å². The number of sulfonamides is 1. The minimum atomic E-state index is -3.49. The molecule has 0 saturated carbocycles. The third-order valence-electron chi connectivity index (χ3n) is 4.58. The van der Waals surface area contributed by atoms with Gasteiger partial charge in [0.1, 0.15) is 0 Å². The van der Waals surface area contributed by atoms with Crippen molar-refractivity contribution in [2.45, 2.75) is 12.2 Å². The van der Waals surface area contributed by atoms with Crippen LogP contribution in [0.2, 0.25) is 5.02 Å². The van der Waals surface area contributed by atoms with Crippen molar-refractivity contribution in [3.05, 3.63) is 83.1 Å². The number of fused-ring (bicyclic) bond motifs is 1. The van der Waals surface area contributed by atoms with Gasteiger partial charge in [0.25, 0.3) is 0 Å². The lowest BCUT2D eigenvalue weighted by Gasteiger charge is -2.20. The maximum Gasteiger partial charge on any atom is 0.239 e. The van der Waals surface area contributed by atoms with Crippen LogP contribution in [0.15, 0.2) is 67.0 Å². The molecule has 6 heteroatoms. The molecule has 1 aliphatic heterocycles. The van der Waals surface area contributed by atoms with Crippen LogP contribution in [0.5, 0.6) is 0 Å². The number of nitrogens with zero attached hydrogens (tertiary/aromatic N) is 2. The van der Waals surface area contributed by atoms with E-state index in [1.807, 2.05) is 24.3 Å². The van der Waals surface area contributed by atoms with E-state index in [0.717, 1.165) is 22.4 Å². The Balaban J connectivity index is 1.64. The normalized spacial score (nSPS) is 13.7. The van der Waals surface area contributed by atoms with Crippen molar-refractivity contribution in [2.75, 3.05) is 10.8 Å². The van der Waals surface area contributed by atoms with Gasteiger partial charge in [-0.05, 0) is 59.0 Å². The van der Waals surface area contributed by atoms with E-state index in [1.165, 1.54) is 4.31 Å². The van der Waals surface area contributed by atoms with Gasteiger partial charge in [-0.25, -0.2) is 8.42 Å². The number of hydrogen-bond acceptors (Lipinski definition) is 3. The second-order valence-corrected chi connectivity index (χ2v) is 8.55. The van der Waals surface area contributed by atoms with Crippen molar-refractivity contribution >= 4 is 27.3 Å². The predicted molar refractivity (Wildman–Crippen MR) is 105 cm³/mol. The van der Waals surface area contributed by atoms with Gasteiger partial charge < -0.3 is 0 Å². The van der Waals surface area contributed by atoms with Gasteiger partial charge >= 0.3 is 0 Å². The van der Waals surface area contributed by atoms with Crippen molar-refractivity contribution in [3.8, 4) is 11.1 Å². The Morgan fingerprint density at radius 1 is 1.00 bits per heavy atom. The van der Waals surface area contributed by atoms with Gasteiger partial charge in [-0.15, -0.1) is 0 Å². The van der Waals surface area contributed by atoms with Crippen LogP contribution in [0.1, 0.15) is 11.1 Å². The van der Waals surface area contributed by atoms with Crippen LogP contribution in [-0.2, 0) is 22.2 Å². The Morgan fingerprint density at radius 3 is 2.54 bits per heavy atom. The first-order valence-electron chi connectivity index (χ1n) is 8.32. The van der Waals surface area contributed by atoms with E-state index >= 15 is 0 Å². The molecule has 26 heavy (non-hydrogen) atoms. The largest absolute Gasteiger partial charge is 0.269 e. The number of rotatable bonds is 4. The molecule has 2 heterocycles. The molecule has 0 atom stereocenters.